The van der Waals surface area contributed by atoms with Crippen molar-refractivity contribution in [1.82, 2.24) is 0 Å². The molecule has 0 radical (unpaired) electrons. The number of benzene rings is 1. The Morgan fingerprint density at radius 1 is 1.38 bits per heavy atom. The Kier molecular flexibility index (Phi) is 5.88. The van der Waals surface area contributed by atoms with Gasteiger partial charge in [0.25, 0.3) is 0 Å². The van der Waals surface area contributed by atoms with E-state index < -0.39 is 17.9 Å². The smallest absolute Gasteiger partial charge is 0.349 e. The lowest BCUT2D eigenvalue weighted by Gasteiger charge is -2.11. The molecule has 0 fully saturated rings. The lowest BCUT2D eigenvalue weighted by molar-refractivity contribution is -0.145. The van der Waals surface area contributed by atoms with Crippen molar-refractivity contribution in [1.29, 1.82) is 5.26 Å². The summed E-state index contributed by atoms with van der Waals surface area (Å²) in [5, 5.41) is 9.12. The number of carbonyl (C=O) groups is 1. The van der Waals surface area contributed by atoms with Crippen LogP contribution in [0, 0.1) is 17.1 Å². The lowest BCUT2D eigenvalue weighted by atomic mass is 10.1. The first-order valence-corrected chi connectivity index (χ1v) is 7.21. The molecule has 24 heavy (non-hydrogen) atoms. The summed E-state index contributed by atoms with van der Waals surface area (Å²) in [7, 11) is 1.48. The molecule has 0 amide bonds. The first-order chi connectivity index (χ1) is 11.5. The summed E-state index contributed by atoms with van der Waals surface area (Å²) in [6.45, 7) is 1.88. The third-order valence-corrected chi connectivity index (χ3v) is 3.10. The molecule has 0 aliphatic carbocycles. The molecule has 2 rings (SSSR count). The Hall–Kier alpha value is -2.91. The number of esters is 1. The topological polar surface area (TPSA) is 72.5 Å². The van der Waals surface area contributed by atoms with E-state index in [1.807, 2.05) is 0 Å². The van der Waals surface area contributed by atoms with Crippen LogP contribution in [0.15, 0.2) is 46.4 Å². The van der Waals surface area contributed by atoms with E-state index in [1.54, 1.807) is 43.3 Å². The molecule has 0 saturated heterocycles. The quantitative estimate of drug-likeness (QED) is 0.460. The van der Waals surface area contributed by atoms with Crippen LogP contribution in [-0.4, -0.2) is 25.8 Å². The van der Waals surface area contributed by atoms with Crippen LogP contribution >= 0.6 is 0 Å². The van der Waals surface area contributed by atoms with Gasteiger partial charge in [-0.15, -0.1) is 0 Å². The van der Waals surface area contributed by atoms with Crippen LogP contribution in [0.2, 0.25) is 0 Å². The molecule has 0 saturated carbocycles. The molecule has 0 unspecified atom stereocenters. The molecule has 2 aromatic rings. The highest BCUT2D eigenvalue weighted by Crippen LogP contribution is 2.25. The number of ether oxygens (including phenoxy) is 2. The third kappa shape index (κ3) is 4.31. The van der Waals surface area contributed by atoms with E-state index in [0.29, 0.717) is 11.3 Å². The van der Waals surface area contributed by atoms with Crippen LogP contribution in [0.5, 0.6) is 0 Å². The zero-order valence-corrected chi connectivity index (χ0v) is 13.3. The molecular formula is C18H16FNO4. The fraction of sp³-hybridized carbons (Fsp3) is 0.222. The Balaban J connectivity index is 2.19. The van der Waals surface area contributed by atoms with Gasteiger partial charge in [-0.3, -0.25) is 0 Å². The first-order valence-electron chi connectivity index (χ1n) is 7.21. The van der Waals surface area contributed by atoms with Gasteiger partial charge in [-0.05, 0) is 31.2 Å². The SMILES string of the molecule is COC[C@H](C)OC(=O)/C(C#N)=C/c1ccc(-c2ccccc2F)o1. The number of hydrogen-bond acceptors (Lipinski definition) is 5. The van der Waals surface area contributed by atoms with Crippen molar-refractivity contribution in [2.24, 2.45) is 0 Å². The number of halogens is 1. The summed E-state index contributed by atoms with van der Waals surface area (Å²) >= 11 is 0. The van der Waals surface area contributed by atoms with E-state index >= 15 is 0 Å². The molecule has 0 bridgehead atoms. The molecule has 5 nitrogen and oxygen atoms in total. The van der Waals surface area contributed by atoms with Crippen molar-refractivity contribution in [3.05, 3.63) is 53.5 Å². The van der Waals surface area contributed by atoms with Gasteiger partial charge in [-0.1, -0.05) is 12.1 Å². The van der Waals surface area contributed by atoms with Crippen LogP contribution in [0.3, 0.4) is 0 Å². The van der Waals surface area contributed by atoms with Gasteiger partial charge in [-0.25, -0.2) is 9.18 Å². The van der Waals surface area contributed by atoms with Crippen molar-refractivity contribution >= 4 is 12.0 Å². The van der Waals surface area contributed by atoms with E-state index in [9.17, 15) is 9.18 Å². The number of nitrogens with zero attached hydrogens (tertiary/aromatic N) is 1. The predicted molar refractivity (Wildman–Crippen MR) is 85.1 cm³/mol. The van der Waals surface area contributed by atoms with Crippen molar-refractivity contribution in [3.63, 3.8) is 0 Å². The molecule has 0 aliphatic heterocycles. The fourth-order valence-electron chi connectivity index (χ4n) is 2.03. The standard InChI is InChI=1S/C18H16FNO4/c1-12(11-22-2)23-18(21)13(10-20)9-14-7-8-17(24-14)15-5-3-4-6-16(15)19/h3-9,12H,11H2,1-2H3/b13-9+/t12-/m0/s1. The molecule has 0 N–H and O–H groups in total. The molecule has 1 aromatic carbocycles. The third-order valence-electron chi connectivity index (χ3n) is 3.10. The van der Waals surface area contributed by atoms with Crippen molar-refractivity contribution in [2.45, 2.75) is 13.0 Å². The average molecular weight is 329 g/mol. The molecular weight excluding hydrogens is 313 g/mol. The van der Waals surface area contributed by atoms with Gasteiger partial charge in [0, 0.05) is 13.2 Å². The zero-order chi connectivity index (χ0) is 17.5. The number of nitriles is 1. The minimum absolute atomic E-state index is 0.215. The van der Waals surface area contributed by atoms with Crippen LogP contribution in [0.4, 0.5) is 4.39 Å². The normalized spacial score (nSPS) is 12.5. The highest BCUT2D eigenvalue weighted by Gasteiger charge is 2.16. The Labute approximate surface area is 138 Å². The number of carbonyl (C=O) groups excluding carboxylic acids is 1. The highest BCUT2D eigenvalue weighted by molar-refractivity contribution is 5.97. The fourth-order valence-corrected chi connectivity index (χ4v) is 2.03. The largest absolute Gasteiger partial charge is 0.457 e. The van der Waals surface area contributed by atoms with Gasteiger partial charge in [0.2, 0.25) is 0 Å². The van der Waals surface area contributed by atoms with Gasteiger partial charge in [0.1, 0.15) is 35.1 Å². The van der Waals surface area contributed by atoms with Gasteiger partial charge >= 0.3 is 5.97 Å². The second kappa shape index (κ2) is 8.09. The summed E-state index contributed by atoms with van der Waals surface area (Å²) in [5.74, 6) is -0.638. The second-order valence-electron chi connectivity index (χ2n) is 5.02. The van der Waals surface area contributed by atoms with Gasteiger partial charge in [-0.2, -0.15) is 5.26 Å². The van der Waals surface area contributed by atoms with E-state index in [1.165, 1.54) is 19.3 Å². The first kappa shape index (κ1) is 17.4. The minimum Gasteiger partial charge on any atom is -0.457 e. The Bertz CT molecular complexity index is 788. The molecule has 1 atom stereocenters. The minimum atomic E-state index is -0.772. The number of furan rings is 1. The number of rotatable bonds is 6. The predicted octanol–water partition coefficient (Wildman–Crippen LogP) is 3.57. The summed E-state index contributed by atoms with van der Waals surface area (Å²) < 4.78 is 29.2. The summed E-state index contributed by atoms with van der Waals surface area (Å²) in [6, 6.07) is 11.0. The Morgan fingerprint density at radius 2 is 2.12 bits per heavy atom. The highest BCUT2D eigenvalue weighted by atomic mass is 19.1. The molecule has 1 heterocycles. The van der Waals surface area contributed by atoms with Crippen LogP contribution in [-0.2, 0) is 14.3 Å². The molecule has 124 valence electrons. The van der Waals surface area contributed by atoms with Crippen molar-refractivity contribution in [3.8, 4) is 17.4 Å². The maximum absolute atomic E-state index is 13.7. The van der Waals surface area contributed by atoms with E-state index in [0.717, 1.165) is 0 Å². The van der Waals surface area contributed by atoms with Gasteiger partial charge < -0.3 is 13.9 Å². The maximum Gasteiger partial charge on any atom is 0.349 e. The van der Waals surface area contributed by atoms with Crippen LogP contribution < -0.4 is 0 Å². The second-order valence-corrected chi connectivity index (χ2v) is 5.02. The van der Waals surface area contributed by atoms with Crippen LogP contribution in [0.25, 0.3) is 17.4 Å². The van der Waals surface area contributed by atoms with Crippen molar-refractivity contribution < 1.29 is 23.1 Å². The maximum atomic E-state index is 13.7. The van der Waals surface area contributed by atoms with E-state index in [-0.39, 0.29) is 17.9 Å². The number of hydrogen-bond donors (Lipinski definition) is 0. The van der Waals surface area contributed by atoms with Crippen molar-refractivity contribution in [2.75, 3.05) is 13.7 Å². The summed E-state index contributed by atoms with van der Waals surface area (Å²) in [6.07, 6.45) is 0.775. The number of methoxy groups -OCH3 is 1. The summed E-state index contributed by atoms with van der Waals surface area (Å²) in [5.41, 5.74) is 0.0827. The van der Waals surface area contributed by atoms with Gasteiger partial charge in [0.15, 0.2) is 0 Å². The van der Waals surface area contributed by atoms with Crippen LogP contribution in [0.1, 0.15) is 12.7 Å². The summed E-state index contributed by atoms with van der Waals surface area (Å²) in [4.78, 5) is 11.9. The van der Waals surface area contributed by atoms with Gasteiger partial charge in [0.05, 0.1) is 12.2 Å². The van der Waals surface area contributed by atoms with E-state index in [4.69, 9.17) is 19.2 Å². The molecule has 1 aromatic heterocycles. The van der Waals surface area contributed by atoms with E-state index in [2.05, 4.69) is 0 Å². The Morgan fingerprint density at radius 3 is 2.79 bits per heavy atom. The molecule has 6 heteroatoms. The zero-order valence-electron chi connectivity index (χ0n) is 13.3. The molecule has 0 aliphatic rings. The molecule has 0 spiro atoms. The monoisotopic (exact) mass is 329 g/mol. The average Bonchev–Trinajstić information content (AvgIpc) is 3.01. The lowest BCUT2D eigenvalue weighted by Crippen LogP contribution is -2.20.